The number of carbonyl (C=O) groups is 2. The predicted octanol–water partition coefficient (Wildman–Crippen LogP) is 2.09. The minimum absolute atomic E-state index is 0.262. The van der Waals surface area contributed by atoms with Crippen molar-refractivity contribution in [3.05, 3.63) is 51.5 Å². The van der Waals surface area contributed by atoms with Crippen LogP contribution in [0.3, 0.4) is 0 Å². The number of rotatable bonds is 6. The molecule has 0 radical (unpaired) electrons. The predicted molar refractivity (Wildman–Crippen MR) is 95.1 cm³/mol. The minimum Gasteiger partial charge on any atom is -0.357 e. The first kappa shape index (κ1) is 17.9. The molecule has 0 spiro atoms. The monoisotopic (exact) mass is 346 g/mol. The number of amides is 3. The highest BCUT2D eigenvalue weighted by Gasteiger charge is 2.21. The van der Waals surface area contributed by atoms with Crippen molar-refractivity contribution in [1.29, 1.82) is 0 Å². The lowest BCUT2D eigenvalue weighted by atomic mass is 10.1. The highest BCUT2D eigenvalue weighted by atomic mass is 32.1. The quantitative estimate of drug-likeness (QED) is 0.749. The molecule has 0 saturated heterocycles. The van der Waals surface area contributed by atoms with Crippen LogP contribution < -0.4 is 16.0 Å². The summed E-state index contributed by atoms with van der Waals surface area (Å²) >= 11 is 1.64. The Morgan fingerprint density at radius 2 is 1.92 bits per heavy atom. The van der Waals surface area contributed by atoms with Crippen LogP contribution in [0.25, 0.3) is 0 Å². The van der Waals surface area contributed by atoms with Crippen LogP contribution in [0.4, 0.5) is 4.79 Å². The van der Waals surface area contributed by atoms with Gasteiger partial charge in [0.15, 0.2) is 0 Å². The van der Waals surface area contributed by atoms with Crippen molar-refractivity contribution in [2.24, 2.45) is 0 Å². The maximum Gasteiger partial charge on any atom is 0.315 e. The van der Waals surface area contributed by atoms with Gasteiger partial charge in [-0.05, 0) is 19.4 Å². The van der Waals surface area contributed by atoms with E-state index in [4.69, 9.17) is 0 Å². The molecule has 1 aromatic heterocycles. The van der Waals surface area contributed by atoms with Crippen molar-refractivity contribution in [3.63, 3.8) is 0 Å². The third-order valence-electron chi connectivity index (χ3n) is 3.61. The number of benzene rings is 1. The fraction of sp³-hybridized carbons (Fsp3) is 0.353. The lowest BCUT2D eigenvalue weighted by Gasteiger charge is -2.18. The number of nitrogens with zero attached hydrogens (tertiary/aromatic N) is 1. The maximum absolute atomic E-state index is 12.1. The van der Waals surface area contributed by atoms with Crippen LogP contribution in [0.5, 0.6) is 0 Å². The van der Waals surface area contributed by atoms with E-state index in [0.717, 1.165) is 16.3 Å². The van der Waals surface area contributed by atoms with Crippen LogP contribution >= 0.6 is 11.3 Å². The Hall–Kier alpha value is -2.41. The molecule has 3 amide bonds. The summed E-state index contributed by atoms with van der Waals surface area (Å²) in [5.41, 5.74) is 1.77. The summed E-state index contributed by atoms with van der Waals surface area (Å²) in [5, 5.41) is 9.05. The van der Waals surface area contributed by atoms with Crippen LogP contribution in [0.1, 0.15) is 27.2 Å². The molecule has 6 nitrogen and oxygen atoms in total. The van der Waals surface area contributed by atoms with Crippen LogP contribution in [-0.2, 0) is 11.2 Å². The second kappa shape index (κ2) is 8.44. The van der Waals surface area contributed by atoms with Crippen LogP contribution in [0.2, 0.25) is 0 Å². The molecule has 24 heavy (non-hydrogen) atoms. The van der Waals surface area contributed by atoms with E-state index in [0.29, 0.717) is 13.0 Å². The Morgan fingerprint density at radius 3 is 2.50 bits per heavy atom. The van der Waals surface area contributed by atoms with Crippen molar-refractivity contribution >= 4 is 23.3 Å². The first-order valence-electron chi connectivity index (χ1n) is 7.75. The van der Waals surface area contributed by atoms with Gasteiger partial charge in [-0.25, -0.2) is 9.78 Å². The molecule has 7 heteroatoms. The van der Waals surface area contributed by atoms with Crippen molar-refractivity contribution in [1.82, 2.24) is 20.9 Å². The zero-order chi connectivity index (χ0) is 17.5. The summed E-state index contributed by atoms with van der Waals surface area (Å²) in [5.74, 6) is -0.262. The van der Waals surface area contributed by atoms with Crippen LogP contribution in [0, 0.1) is 13.8 Å². The van der Waals surface area contributed by atoms with Gasteiger partial charge in [-0.15, -0.1) is 11.3 Å². The van der Waals surface area contributed by atoms with E-state index in [1.54, 1.807) is 30.5 Å². The van der Waals surface area contributed by atoms with Crippen molar-refractivity contribution in [2.75, 3.05) is 13.6 Å². The molecule has 0 aliphatic heterocycles. The average molecular weight is 346 g/mol. The molecule has 0 aliphatic carbocycles. The van der Waals surface area contributed by atoms with E-state index >= 15 is 0 Å². The number of hydrogen-bond acceptors (Lipinski definition) is 4. The van der Waals surface area contributed by atoms with Gasteiger partial charge in [-0.2, -0.15) is 0 Å². The third-order valence-corrected chi connectivity index (χ3v) is 4.75. The van der Waals surface area contributed by atoms with Gasteiger partial charge >= 0.3 is 6.03 Å². The Labute approximate surface area is 145 Å². The Morgan fingerprint density at radius 1 is 1.21 bits per heavy atom. The zero-order valence-corrected chi connectivity index (χ0v) is 14.9. The highest BCUT2D eigenvalue weighted by Crippen LogP contribution is 2.16. The van der Waals surface area contributed by atoms with Gasteiger partial charge in [0.25, 0.3) is 0 Å². The molecule has 1 atom stereocenters. The molecular formula is C17H22N4O2S. The van der Waals surface area contributed by atoms with E-state index < -0.39 is 6.04 Å². The van der Waals surface area contributed by atoms with E-state index in [1.165, 1.54) is 4.88 Å². The molecule has 0 saturated carbocycles. The molecule has 3 N–H and O–H groups in total. The van der Waals surface area contributed by atoms with Gasteiger partial charge in [0, 0.05) is 24.9 Å². The maximum atomic E-state index is 12.1. The number of nitrogens with one attached hydrogen (secondary N) is 3. The molecule has 128 valence electrons. The van der Waals surface area contributed by atoms with Gasteiger partial charge in [-0.1, -0.05) is 30.3 Å². The molecule has 0 aliphatic rings. The summed E-state index contributed by atoms with van der Waals surface area (Å²) < 4.78 is 0. The summed E-state index contributed by atoms with van der Waals surface area (Å²) in [4.78, 5) is 29.7. The van der Waals surface area contributed by atoms with E-state index in [2.05, 4.69) is 20.9 Å². The smallest absolute Gasteiger partial charge is 0.315 e. The summed E-state index contributed by atoms with van der Waals surface area (Å²) in [6.07, 6.45) is 0.669. The lowest BCUT2D eigenvalue weighted by molar-refractivity contribution is -0.122. The number of urea groups is 1. The van der Waals surface area contributed by atoms with Gasteiger partial charge in [0.2, 0.25) is 5.91 Å². The Bertz CT molecular complexity index is 680. The topological polar surface area (TPSA) is 83.1 Å². The summed E-state index contributed by atoms with van der Waals surface area (Å²) in [6, 6.07) is 8.04. The largest absolute Gasteiger partial charge is 0.357 e. The molecule has 0 fully saturated rings. The zero-order valence-electron chi connectivity index (χ0n) is 14.1. The summed E-state index contributed by atoms with van der Waals surface area (Å²) in [7, 11) is 1.55. The van der Waals surface area contributed by atoms with Crippen molar-refractivity contribution in [3.8, 4) is 0 Å². The fourth-order valence-corrected chi connectivity index (χ4v) is 3.13. The number of hydrogen-bond donors (Lipinski definition) is 3. The molecule has 2 rings (SSSR count). The normalized spacial score (nSPS) is 11.6. The Kier molecular flexibility index (Phi) is 6.31. The van der Waals surface area contributed by atoms with E-state index in [1.807, 2.05) is 32.0 Å². The number of carbonyl (C=O) groups excluding carboxylic acids is 2. The average Bonchev–Trinajstić information content (AvgIpc) is 2.90. The van der Waals surface area contributed by atoms with Gasteiger partial charge in [0.1, 0.15) is 6.04 Å². The molecule has 2 aromatic rings. The minimum atomic E-state index is -0.722. The molecular weight excluding hydrogens is 324 g/mol. The highest BCUT2D eigenvalue weighted by molar-refractivity contribution is 7.11. The van der Waals surface area contributed by atoms with Crippen molar-refractivity contribution < 1.29 is 9.59 Å². The third kappa shape index (κ3) is 4.79. The number of likely N-dealkylation sites (N-methyl/N-ethyl adjacent to an activating group) is 1. The van der Waals surface area contributed by atoms with Gasteiger partial charge in [-0.3, -0.25) is 4.79 Å². The molecule has 1 aromatic carbocycles. The van der Waals surface area contributed by atoms with Crippen molar-refractivity contribution in [2.45, 2.75) is 26.3 Å². The molecule has 1 heterocycles. The second-order valence-electron chi connectivity index (χ2n) is 5.36. The van der Waals surface area contributed by atoms with E-state index in [-0.39, 0.29) is 11.9 Å². The number of thiazole rings is 1. The van der Waals surface area contributed by atoms with Crippen LogP contribution in [-0.4, -0.2) is 30.5 Å². The SMILES string of the molecule is CNC(=O)C(NC(=O)NCCc1nc(C)c(C)s1)c1ccccc1. The van der Waals surface area contributed by atoms with Gasteiger partial charge in [0.05, 0.1) is 10.7 Å². The van der Waals surface area contributed by atoms with Crippen LogP contribution in [0.15, 0.2) is 30.3 Å². The fourth-order valence-electron chi connectivity index (χ4n) is 2.20. The number of aryl methyl sites for hydroxylation is 2. The number of aromatic nitrogens is 1. The molecule has 1 unspecified atom stereocenters. The second-order valence-corrected chi connectivity index (χ2v) is 6.65. The summed E-state index contributed by atoms with van der Waals surface area (Å²) in [6.45, 7) is 4.47. The van der Waals surface area contributed by atoms with Gasteiger partial charge < -0.3 is 16.0 Å². The van der Waals surface area contributed by atoms with E-state index in [9.17, 15) is 9.59 Å². The molecule has 0 bridgehead atoms. The Balaban J connectivity index is 1.89. The first-order valence-corrected chi connectivity index (χ1v) is 8.56. The lowest BCUT2D eigenvalue weighted by Crippen LogP contribution is -2.44. The standard InChI is InChI=1S/C17H22N4O2S/c1-11-12(2)24-14(20-11)9-10-19-17(23)21-15(16(22)18-3)13-7-5-4-6-8-13/h4-8,15H,9-10H2,1-3H3,(H,18,22)(H2,19,21,23). The first-order chi connectivity index (χ1) is 11.5.